The molecule has 0 saturated carbocycles. The minimum absolute atomic E-state index is 0.597. The molecule has 3 nitrogen and oxygen atoms in total. The Labute approximate surface area is 103 Å². The summed E-state index contributed by atoms with van der Waals surface area (Å²) in [5, 5.41) is 9.75. The maximum atomic E-state index is 11.2. The number of carbonyl (C=O) groups excluding carboxylic acids is 1. The average Bonchev–Trinajstić information content (AvgIpc) is 2.75. The summed E-state index contributed by atoms with van der Waals surface area (Å²) < 4.78 is 5.49. The summed E-state index contributed by atoms with van der Waals surface area (Å²) in [5.41, 5.74) is 3.10. The van der Waals surface area contributed by atoms with Gasteiger partial charge in [0.25, 0.3) is 0 Å². The van der Waals surface area contributed by atoms with Crippen LogP contribution in [0.25, 0.3) is 0 Å². The molecule has 1 aliphatic carbocycles. The number of rotatable bonds is 2. The first-order valence-corrected chi connectivity index (χ1v) is 6.00. The number of halogens is 1. The van der Waals surface area contributed by atoms with E-state index >= 15 is 0 Å². The summed E-state index contributed by atoms with van der Waals surface area (Å²) >= 11 is 3.47. The number of aliphatic hydroxyl groups is 1. The lowest BCUT2D eigenvalue weighted by Gasteiger charge is -2.11. The molecule has 1 aromatic carbocycles. The van der Waals surface area contributed by atoms with Crippen LogP contribution in [0.5, 0.6) is 0 Å². The van der Waals surface area contributed by atoms with Gasteiger partial charge in [0.2, 0.25) is 0 Å². The van der Waals surface area contributed by atoms with Gasteiger partial charge in [-0.25, -0.2) is 4.79 Å². The number of methoxy groups -OCH3 is 1. The van der Waals surface area contributed by atoms with Crippen LogP contribution in [-0.2, 0) is 22.4 Å². The molecule has 86 valence electrons. The summed E-state index contributed by atoms with van der Waals surface area (Å²) in [6.07, 6.45) is 2.01. The topological polar surface area (TPSA) is 46.5 Å². The van der Waals surface area contributed by atoms with Crippen LogP contribution in [0.2, 0.25) is 0 Å². The largest absolute Gasteiger partial charge is 0.467 e. The molecule has 1 unspecified atom stereocenters. The minimum atomic E-state index is -1.19. The maximum absolute atomic E-state index is 11.2. The van der Waals surface area contributed by atoms with Gasteiger partial charge in [-0.3, -0.25) is 0 Å². The predicted octanol–water partition coefficient (Wildman–Crippen LogP) is 2.14. The van der Waals surface area contributed by atoms with Crippen molar-refractivity contribution < 1.29 is 14.6 Å². The van der Waals surface area contributed by atoms with Crippen LogP contribution in [0.3, 0.4) is 0 Å². The minimum Gasteiger partial charge on any atom is -0.467 e. The summed E-state index contributed by atoms with van der Waals surface area (Å²) in [7, 11) is 1.27. The van der Waals surface area contributed by atoms with Gasteiger partial charge in [-0.2, -0.15) is 0 Å². The molecule has 0 aliphatic heterocycles. The smallest absolute Gasteiger partial charge is 0.339 e. The van der Waals surface area contributed by atoms with Gasteiger partial charge in [-0.15, -0.1) is 0 Å². The van der Waals surface area contributed by atoms with E-state index in [1.54, 1.807) is 6.07 Å². The molecule has 1 atom stereocenters. The zero-order valence-corrected chi connectivity index (χ0v) is 10.6. The highest BCUT2D eigenvalue weighted by atomic mass is 79.9. The summed E-state index contributed by atoms with van der Waals surface area (Å²) in [5.74, 6) is -0.621. The molecule has 0 fully saturated rings. The van der Waals surface area contributed by atoms with Crippen LogP contribution >= 0.6 is 15.9 Å². The average molecular weight is 285 g/mol. The molecule has 0 heterocycles. The fourth-order valence-corrected chi connectivity index (χ4v) is 2.80. The van der Waals surface area contributed by atoms with Crippen LogP contribution in [-0.4, -0.2) is 18.2 Å². The molecule has 1 aromatic rings. The van der Waals surface area contributed by atoms with E-state index in [9.17, 15) is 9.90 Å². The van der Waals surface area contributed by atoms with E-state index in [4.69, 9.17) is 0 Å². The van der Waals surface area contributed by atoms with E-state index in [-0.39, 0.29) is 0 Å². The van der Waals surface area contributed by atoms with Gasteiger partial charge >= 0.3 is 5.97 Å². The van der Waals surface area contributed by atoms with Crippen molar-refractivity contribution in [1.29, 1.82) is 0 Å². The Morgan fingerprint density at radius 2 is 2.25 bits per heavy atom. The van der Waals surface area contributed by atoms with E-state index in [1.165, 1.54) is 18.2 Å². The Morgan fingerprint density at radius 3 is 2.94 bits per heavy atom. The molecule has 0 radical (unpaired) electrons. The number of hydrogen-bond acceptors (Lipinski definition) is 3. The first-order chi connectivity index (χ1) is 7.63. The molecule has 0 spiro atoms. The maximum Gasteiger partial charge on any atom is 0.339 e. The van der Waals surface area contributed by atoms with Crippen molar-refractivity contribution >= 4 is 21.9 Å². The third kappa shape index (κ3) is 1.99. The zero-order chi connectivity index (χ0) is 11.7. The Morgan fingerprint density at radius 1 is 1.50 bits per heavy atom. The van der Waals surface area contributed by atoms with E-state index in [2.05, 4.69) is 20.7 Å². The second kappa shape index (κ2) is 4.55. The summed E-state index contributed by atoms with van der Waals surface area (Å²) in [6, 6.07) is 3.69. The van der Waals surface area contributed by atoms with Gasteiger partial charge < -0.3 is 9.84 Å². The lowest BCUT2D eigenvalue weighted by atomic mass is 10.0. The van der Waals surface area contributed by atoms with Gasteiger partial charge in [-0.1, -0.05) is 22.0 Å². The second-order valence-electron chi connectivity index (χ2n) is 3.92. The van der Waals surface area contributed by atoms with Crippen molar-refractivity contribution in [2.75, 3.05) is 7.11 Å². The highest BCUT2D eigenvalue weighted by Crippen LogP contribution is 2.32. The molecule has 2 rings (SSSR count). The van der Waals surface area contributed by atoms with E-state index in [0.717, 1.165) is 23.7 Å². The fraction of sp³-hybridized carbons (Fsp3) is 0.417. The second-order valence-corrected chi connectivity index (χ2v) is 4.77. The molecule has 4 heteroatoms. The van der Waals surface area contributed by atoms with Crippen LogP contribution in [0, 0.1) is 0 Å². The van der Waals surface area contributed by atoms with Crippen LogP contribution in [0.15, 0.2) is 16.6 Å². The number of aryl methyl sites for hydroxylation is 1. The van der Waals surface area contributed by atoms with Gasteiger partial charge in [0.15, 0.2) is 6.10 Å². The highest BCUT2D eigenvalue weighted by molar-refractivity contribution is 9.10. The fourth-order valence-electron chi connectivity index (χ4n) is 2.08. The molecule has 0 bridgehead atoms. The Kier molecular flexibility index (Phi) is 3.30. The molecule has 1 N–H and O–H groups in total. The van der Waals surface area contributed by atoms with Gasteiger partial charge in [0.05, 0.1) is 7.11 Å². The Bertz CT molecular complexity index is 429. The van der Waals surface area contributed by atoms with E-state index < -0.39 is 12.1 Å². The molecule has 16 heavy (non-hydrogen) atoms. The number of fused-ring (bicyclic) bond motifs is 1. The van der Waals surface area contributed by atoms with Gasteiger partial charge in [0.1, 0.15) is 0 Å². The normalized spacial score (nSPS) is 15.7. The molecule has 0 amide bonds. The van der Waals surface area contributed by atoms with Crippen LogP contribution in [0.4, 0.5) is 0 Å². The SMILES string of the molecule is COC(=O)C(O)c1cc(Br)c2c(c1)CCC2. The lowest BCUT2D eigenvalue weighted by Crippen LogP contribution is -2.13. The first-order valence-electron chi connectivity index (χ1n) is 5.20. The third-order valence-electron chi connectivity index (χ3n) is 2.92. The molecular weight excluding hydrogens is 272 g/mol. The number of aliphatic hydroxyl groups excluding tert-OH is 1. The first kappa shape index (κ1) is 11.6. The summed E-state index contributed by atoms with van der Waals surface area (Å²) in [4.78, 5) is 11.2. The highest BCUT2D eigenvalue weighted by Gasteiger charge is 2.22. The standard InChI is InChI=1S/C12H13BrO3/c1-16-12(15)11(14)8-5-7-3-2-4-9(7)10(13)6-8/h5-6,11,14H,2-4H2,1H3. The molecular formula is C12H13BrO3. The van der Waals surface area contributed by atoms with E-state index in [1.807, 2.05) is 6.07 Å². The zero-order valence-electron chi connectivity index (χ0n) is 9.00. The number of esters is 1. The predicted molar refractivity (Wildman–Crippen MR) is 63.1 cm³/mol. The quantitative estimate of drug-likeness (QED) is 0.847. The Hall–Kier alpha value is -0.870. The van der Waals surface area contributed by atoms with Gasteiger partial charge in [0, 0.05) is 4.47 Å². The van der Waals surface area contributed by atoms with E-state index in [0.29, 0.717) is 5.56 Å². The summed E-state index contributed by atoms with van der Waals surface area (Å²) in [6.45, 7) is 0. The monoisotopic (exact) mass is 284 g/mol. The number of hydrogen-bond donors (Lipinski definition) is 1. The van der Waals surface area contributed by atoms with Crippen LogP contribution < -0.4 is 0 Å². The molecule has 0 saturated heterocycles. The van der Waals surface area contributed by atoms with Gasteiger partial charge in [-0.05, 0) is 42.0 Å². The van der Waals surface area contributed by atoms with Crippen molar-refractivity contribution in [3.8, 4) is 0 Å². The van der Waals surface area contributed by atoms with Crippen LogP contribution in [0.1, 0.15) is 29.2 Å². The van der Waals surface area contributed by atoms with Crippen molar-refractivity contribution in [1.82, 2.24) is 0 Å². The van der Waals surface area contributed by atoms with Crippen molar-refractivity contribution in [3.63, 3.8) is 0 Å². The van der Waals surface area contributed by atoms with Crippen molar-refractivity contribution in [2.24, 2.45) is 0 Å². The molecule has 1 aliphatic rings. The Balaban J connectivity index is 2.36. The third-order valence-corrected chi connectivity index (χ3v) is 3.63. The lowest BCUT2D eigenvalue weighted by molar-refractivity contribution is -0.150. The number of benzene rings is 1. The number of ether oxygens (including phenoxy) is 1. The number of carbonyl (C=O) groups is 1. The van der Waals surface area contributed by atoms with Crippen molar-refractivity contribution in [2.45, 2.75) is 25.4 Å². The molecule has 0 aromatic heterocycles. The van der Waals surface area contributed by atoms with Crippen molar-refractivity contribution in [3.05, 3.63) is 33.3 Å².